The highest BCUT2D eigenvalue weighted by molar-refractivity contribution is 7.80. The van der Waals surface area contributed by atoms with Crippen LogP contribution in [0.3, 0.4) is 0 Å². The topological polar surface area (TPSA) is 38.0 Å². The van der Waals surface area contributed by atoms with Crippen LogP contribution < -0.4 is 11.1 Å². The molecule has 1 fully saturated rings. The summed E-state index contributed by atoms with van der Waals surface area (Å²) in [5, 5.41) is 2.28. The van der Waals surface area contributed by atoms with Gasteiger partial charge in [0.25, 0.3) is 5.92 Å². The third kappa shape index (κ3) is 1.34. The van der Waals surface area contributed by atoms with Gasteiger partial charge in [-0.15, -0.1) is 0 Å². The zero-order valence-corrected chi connectivity index (χ0v) is 6.05. The van der Waals surface area contributed by atoms with Crippen LogP contribution in [0.5, 0.6) is 0 Å². The Morgan fingerprint density at radius 2 is 2.30 bits per heavy atom. The largest absolute Gasteiger partial charge is 0.376 e. The lowest BCUT2D eigenvalue weighted by molar-refractivity contribution is -0.0991. The van der Waals surface area contributed by atoms with Crippen molar-refractivity contribution in [3.63, 3.8) is 0 Å². The summed E-state index contributed by atoms with van der Waals surface area (Å²) >= 11 is 4.41. The quantitative estimate of drug-likeness (QED) is 0.561. The molecule has 0 spiro atoms. The van der Waals surface area contributed by atoms with Gasteiger partial charge < -0.3 is 11.1 Å². The third-order valence-corrected chi connectivity index (χ3v) is 1.71. The van der Waals surface area contributed by atoms with Crippen molar-refractivity contribution < 1.29 is 8.78 Å². The van der Waals surface area contributed by atoms with Crippen LogP contribution in [0.25, 0.3) is 0 Å². The van der Waals surface area contributed by atoms with Gasteiger partial charge in [0.1, 0.15) is 0 Å². The molecule has 0 saturated heterocycles. The molecule has 0 aromatic carbocycles. The monoisotopic (exact) mass is 166 g/mol. The van der Waals surface area contributed by atoms with Gasteiger partial charge in [-0.05, 0) is 18.6 Å². The van der Waals surface area contributed by atoms with Crippen molar-refractivity contribution in [1.82, 2.24) is 5.32 Å². The predicted octanol–water partition coefficient (Wildman–Crippen LogP) is 0.617. The fourth-order valence-corrected chi connectivity index (χ4v) is 0.999. The summed E-state index contributed by atoms with van der Waals surface area (Å²) in [5.41, 5.74) is 5.01. The first-order valence-corrected chi connectivity index (χ1v) is 3.37. The van der Waals surface area contributed by atoms with E-state index in [1.807, 2.05) is 0 Å². The van der Waals surface area contributed by atoms with Gasteiger partial charge in [0, 0.05) is 6.42 Å². The molecule has 1 atom stereocenters. The molecule has 0 amide bonds. The average molecular weight is 166 g/mol. The van der Waals surface area contributed by atoms with Gasteiger partial charge in [-0.3, -0.25) is 0 Å². The summed E-state index contributed by atoms with van der Waals surface area (Å²) in [7, 11) is 0. The molecule has 0 aromatic heterocycles. The van der Waals surface area contributed by atoms with Gasteiger partial charge in [-0.1, -0.05) is 0 Å². The summed E-state index contributed by atoms with van der Waals surface area (Å²) < 4.78 is 24.8. The number of rotatable bonds is 1. The van der Waals surface area contributed by atoms with Crippen LogP contribution in [0, 0.1) is 0 Å². The standard InChI is InChI=1S/C5H8F2N2S/c6-5(7)2-1-3(5)9-4(8)10/h3H,1-2H2,(H3,8,9,10)/t3-/m0/s1. The molecular weight excluding hydrogens is 158 g/mol. The van der Waals surface area contributed by atoms with Crippen molar-refractivity contribution in [3.8, 4) is 0 Å². The van der Waals surface area contributed by atoms with Crippen molar-refractivity contribution in [2.24, 2.45) is 5.73 Å². The van der Waals surface area contributed by atoms with Crippen LogP contribution in [0.4, 0.5) is 8.78 Å². The second-order valence-corrected chi connectivity index (χ2v) is 2.80. The first-order valence-electron chi connectivity index (χ1n) is 2.96. The molecular formula is C5H8F2N2S. The molecule has 0 aliphatic heterocycles. The Labute approximate surface area is 62.8 Å². The zero-order valence-electron chi connectivity index (χ0n) is 5.23. The fourth-order valence-electron chi connectivity index (χ4n) is 0.856. The minimum Gasteiger partial charge on any atom is -0.376 e. The smallest absolute Gasteiger partial charge is 0.267 e. The Kier molecular flexibility index (Phi) is 1.76. The molecule has 2 nitrogen and oxygen atoms in total. The van der Waals surface area contributed by atoms with E-state index in [-0.39, 0.29) is 11.5 Å². The van der Waals surface area contributed by atoms with Crippen molar-refractivity contribution in [2.45, 2.75) is 24.8 Å². The van der Waals surface area contributed by atoms with Crippen molar-refractivity contribution in [1.29, 1.82) is 0 Å². The number of hydrogen-bond acceptors (Lipinski definition) is 1. The lowest BCUT2D eigenvalue weighted by Gasteiger charge is -2.36. The number of hydrogen-bond donors (Lipinski definition) is 2. The molecule has 1 aliphatic rings. The maximum Gasteiger partial charge on any atom is 0.267 e. The molecule has 10 heavy (non-hydrogen) atoms. The van der Waals surface area contributed by atoms with Gasteiger partial charge in [0.2, 0.25) is 0 Å². The van der Waals surface area contributed by atoms with Crippen LogP contribution in [0.1, 0.15) is 12.8 Å². The molecule has 3 N–H and O–H groups in total. The van der Waals surface area contributed by atoms with Crippen molar-refractivity contribution >= 4 is 17.3 Å². The highest BCUT2D eigenvalue weighted by atomic mass is 32.1. The number of halogens is 2. The van der Waals surface area contributed by atoms with E-state index in [0.29, 0.717) is 6.42 Å². The minimum atomic E-state index is -2.61. The maximum absolute atomic E-state index is 12.4. The first-order chi connectivity index (χ1) is 4.52. The maximum atomic E-state index is 12.4. The summed E-state index contributed by atoms with van der Waals surface area (Å²) in [6, 6.07) is -0.829. The molecule has 0 aromatic rings. The normalized spacial score (nSPS) is 28.8. The SMILES string of the molecule is NC(=S)N[C@H]1CCC1(F)F. The van der Waals surface area contributed by atoms with Gasteiger partial charge in [-0.25, -0.2) is 8.78 Å². The van der Waals surface area contributed by atoms with Crippen LogP contribution >= 0.6 is 12.2 Å². The van der Waals surface area contributed by atoms with E-state index < -0.39 is 12.0 Å². The molecule has 0 bridgehead atoms. The van der Waals surface area contributed by atoms with Crippen LogP contribution in [0.2, 0.25) is 0 Å². The molecule has 1 rings (SSSR count). The van der Waals surface area contributed by atoms with E-state index in [0.717, 1.165) is 0 Å². The van der Waals surface area contributed by atoms with E-state index in [9.17, 15) is 8.78 Å². The van der Waals surface area contributed by atoms with Crippen molar-refractivity contribution in [3.05, 3.63) is 0 Å². The molecule has 0 radical (unpaired) electrons. The zero-order chi connectivity index (χ0) is 7.78. The molecule has 1 saturated carbocycles. The molecule has 58 valence electrons. The van der Waals surface area contributed by atoms with Gasteiger partial charge in [0.05, 0.1) is 6.04 Å². The Bertz CT molecular complexity index is 160. The molecule has 0 unspecified atom stereocenters. The van der Waals surface area contributed by atoms with E-state index in [1.165, 1.54) is 0 Å². The summed E-state index contributed by atoms with van der Waals surface area (Å²) in [4.78, 5) is 0. The number of thiocarbonyl (C=S) groups is 1. The highest BCUT2D eigenvalue weighted by Crippen LogP contribution is 2.37. The minimum absolute atomic E-state index is 0.0515. The molecule has 0 heterocycles. The van der Waals surface area contributed by atoms with Gasteiger partial charge >= 0.3 is 0 Å². The number of nitrogens with one attached hydrogen (secondary N) is 1. The fraction of sp³-hybridized carbons (Fsp3) is 0.800. The van der Waals surface area contributed by atoms with Crippen molar-refractivity contribution in [2.75, 3.05) is 0 Å². The Morgan fingerprint density at radius 1 is 1.70 bits per heavy atom. The number of nitrogens with two attached hydrogens (primary N) is 1. The third-order valence-electron chi connectivity index (χ3n) is 1.59. The summed E-state index contributed by atoms with van der Waals surface area (Å²) in [5.74, 6) is -2.61. The highest BCUT2D eigenvalue weighted by Gasteiger charge is 2.48. The van der Waals surface area contributed by atoms with Gasteiger partial charge in [-0.2, -0.15) is 0 Å². The van der Waals surface area contributed by atoms with E-state index in [2.05, 4.69) is 17.5 Å². The van der Waals surface area contributed by atoms with Crippen LogP contribution in [-0.2, 0) is 0 Å². The second-order valence-electron chi connectivity index (χ2n) is 2.36. The average Bonchev–Trinajstić information content (AvgIpc) is 1.81. The Morgan fingerprint density at radius 3 is 2.40 bits per heavy atom. The van der Waals surface area contributed by atoms with Gasteiger partial charge in [0.15, 0.2) is 5.11 Å². The first kappa shape index (κ1) is 7.65. The van der Waals surface area contributed by atoms with Crippen LogP contribution in [-0.4, -0.2) is 17.1 Å². The summed E-state index contributed by atoms with van der Waals surface area (Å²) in [6.45, 7) is 0. The summed E-state index contributed by atoms with van der Waals surface area (Å²) in [6.07, 6.45) is 0.387. The Balaban J connectivity index is 2.37. The van der Waals surface area contributed by atoms with E-state index >= 15 is 0 Å². The lowest BCUT2D eigenvalue weighted by Crippen LogP contribution is -2.56. The molecule has 1 aliphatic carbocycles. The predicted molar refractivity (Wildman–Crippen MR) is 37.9 cm³/mol. The molecule has 5 heteroatoms. The Hall–Kier alpha value is -0.450. The van der Waals surface area contributed by atoms with E-state index in [1.54, 1.807) is 0 Å². The van der Waals surface area contributed by atoms with E-state index in [4.69, 9.17) is 5.73 Å². The second kappa shape index (κ2) is 2.30. The van der Waals surface area contributed by atoms with Crippen LogP contribution in [0.15, 0.2) is 0 Å². The lowest BCUT2D eigenvalue weighted by atomic mass is 9.88. The number of alkyl halides is 2.